The van der Waals surface area contributed by atoms with Crippen LogP contribution in [0.15, 0.2) is 0 Å². The van der Waals surface area contributed by atoms with Crippen molar-refractivity contribution in [2.75, 3.05) is 20.3 Å². The largest absolute Gasteiger partial charge is 0.384 e. The van der Waals surface area contributed by atoms with Gasteiger partial charge in [-0.3, -0.25) is 4.79 Å². The van der Waals surface area contributed by atoms with Crippen LogP contribution in [0.3, 0.4) is 0 Å². The highest BCUT2D eigenvalue weighted by Gasteiger charge is 2.28. The Labute approximate surface area is 85.2 Å². The fourth-order valence-corrected chi connectivity index (χ4v) is 1.41. The molecule has 1 amide bonds. The van der Waals surface area contributed by atoms with E-state index in [1.54, 1.807) is 7.11 Å². The number of methoxy groups -OCH3 is 1. The van der Waals surface area contributed by atoms with Gasteiger partial charge in [-0.25, -0.2) is 0 Å². The second kappa shape index (κ2) is 5.32. The highest BCUT2D eigenvalue weighted by Crippen LogP contribution is 2.31. The van der Waals surface area contributed by atoms with Crippen molar-refractivity contribution < 1.29 is 9.53 Å². The molecule has 0 saturated heterocycles. The third kappa shape index (κ3) is 3.64. The Hall–Kier alpha value is -0.610. The topological polar surface area (TPSA) is 64.3 Å². The van der Waals surface area contributed by atoms with Crippen LogP contribution in [0.25, 0.3) is 0 Å². The average Bonchev–Trinajstić information content (AvgIpc) is 2.97. The summed E-state index contributed by atoms with van der Waals surface area (Å²) in [5, 5.41) is 2.84. The lowest BCUT2D eigenvalue weighted by Gasteiger charge is -2.14. The van der Waals surface area contributed by atoms with Crippen LogP contribution in [0.2, 0.25) is 0 Å². The van der Waals surface area contributed by atoms with Gasteiger partial charge < -0.3 is 15.8 Å². The Morgan fingerprint density at radius 2 is 2.29 bits per heavy atom. The van der Waals surface area contributed by atoms with Gasteiger partial charge in [0.05, 0.1) is 12.5 Å². The second-order valence-electron chi connectivity index (χ2n) is 4.10. The molecule has 1 saturated carbocycles. The molecule has 2 unspecified atom stereocenters. The van der Waals surface area contributed by atoms with Crippen molar-refractivity contribution in [3.63, 3.8) is 0 Å². The monoisotopic (exact) mass is 200 g/mol. The van der Waals surface area contributed by atoms with E-state index in [0.29, 0.717) is 19.1 Å². The van der Waals surface area contributed by atoms with Crippen molar-refractivity contribution in [2.24, 2.45) is 17.6 Å². The summed E-state index contributed by atoms with van der Waals surface area (Å²) in [7, 11) is 1.60. The molecule has 0 radical (unpaired) electrons. The van der Waals surface area contributed by atoms with Gasteiger partial charge in [0, 0.05) is 19.7 Å². The van der Waals surface area contributed by atoms with Crippen molar-refractivity contribution in [2.45, 2.75) is 25.8 Å². The molecule has 1 fully saturated rings. The first-order valence-electron chi connectivity index (χ1n) is 5.17. The molecule has 1 aliphatic carbocycles. The normalized spacial score (nSPS) is 20.2. The fourth-order valence-electron chi connectivity index (χ4n) is 1.41. The van der Waals surface area contributed by atoms with Crippen LogP contribution in [0.4, 0.5) is 0 Å². The average molecular weight is 200 g/mol. The van der Waals surface area contributed by atoms with E-state index in [4.69, 9.17) is 10.5 Å². The summed E-state index contributed by atoms with van der Waals surface area (Å²) in [6.45, 7) is 2.91. The standard InChI is InChI=1S/C10H20N2O2/c1-7(6-14-2)10(13)12-5-9(11)8-3-4-8/h7-9H,3-6,11H2,1-2H3,(H,12,13). The van der Waals surface area contributed by atoms with Crippen molar-refractivity contribution in [3.8, 4) is 0 Å². The van der Waals surface area contributed by atoms with Gasteiger partial charge in [-0.05, 0) is 18.8 Å². The fraction of sp³-hybridized carbons (Fsp3) is 0.900. The number of carbonyl (C=O) groups is 1. The Kier molecular flexibility index (Phi) is 4.35. The van der Waals surface area contributed by atoms with E-state index >= 15 is 0 Å². The molecule has 1 rings (SSSR count). The lowest BCUT2D eigenvalue weighted by atomic mass is 10.1. The third-order valence-electron chi connectivity index (χ3n) is 2.60. The third-order valence-corrected chi connectivity index (χ3v) is 2.60. The molecule has 4 nitrogen and oxygen atoms in total. The van der Waals surface area contributed by atoms with Crippen molar-refractivity contribution in [1.29, 1.82) is 0 Å². The molecule has 0 spiro atoms. The Morgan fingerprint density at radius 1 is 1.64 bits per heavy atom. The van der Waals surface area contributed by atoms with Crippen molar-refractivity contribution in [3.05, 3.63) is 0 Å². The molecule has 14 heavy (non-hydrogen) atoms. The molecule has 1 aliphatic rings. The maximum Gasteiger partial charge on any atom is 0.225 e. The molecule has 3 N–H and O–H groups in total. The minimum atomic E-state index is -0.0913. The first-order chi connectivity index (χ1) is 6.65. The highest BCUT2D eigenvalue weighted by molar-refractivity contribution is 5.78. The van der Waals surface area contributed by atoms with E-state index in [0.717, 1.165) is 0 Å². The number of nitrogens with two attached hydrogens (primary N) is 1. The van der Waals surface area contributed by atoms with Crippen LogP contribution in [-0.4, -0.2) is 32.2 Å². The minimum absolute atomic E-state index is 0.0305. The van der Waals surface area contributed by atoms with Gasteiger partial charge in [0.25, 0.3) is 0 Å². The molecule has 4 heteroatoms. The van der Waals surface area contributed by atoms with Gasteiger partial charge >= 0.3 is 0 Å². The Balaban J connectivity index is 2.12. The smallest absolute Gasteiger partial charge is 0.225 e. The molecular formula is C10H20N2O2. The maximum atomic E-state index is 11.4. The molecule has 2 atom stereocenters. The van der Waals surface area contributed by atoms with Crippen LogP contribution >= 0.6 is 0 Å². The number of ether oxygens (including phenoxy) is 1. The van der Waals surface area contributed by atoms with Crippen LogP contribution in [-0.2, 0) is 9.53 Å². The van der Waals surface area contributed by atoms with Crippen molar-refractivity contribution >= 4 is 5.91 Å². The lowest BCUT2D eigenvalue weighted by molar-refractivity contribution is -0.126. The summed E-state index contributed by atoms with van der Waals surface area (Å²) in [6.07, 6.45) is 2.43. The zero-order valence-electron chi connectivity index (χ0n) is 8.95. The lowest BCUT2D eigenvalue weighted by Crippen LogP contribution is -2.41. The first kappa shape index (κ1) is 11.5. The SMILES string of the molecule is COCC(C)C(=O)NCC(N)C1CC1. The molecule has 0 aromatic rings. The summed E-state index contributed by atoms with van der Waals surface area (Å²) in [5.74, 6) is 0.572. The predicted molar refractivity (Wildman–Crippen MR) is 54.7 cm³/mol. The van der Waals surface area contributed by atoms with E-state index in [1.807, 2.05) is 6.92 Å². The predicted octanol–water partition coefficient (Wildman–Crippen LogP) is 0.122. The Morgan fingerprint density at radius 3 is 2.79 bits per heavy atom. The minimum Gasteiger partial charge on any atom is -0.384 e. The molecule has 82 valence electrons. The first-order valence-corrected chi connectivity index (χ1v) is 5.17. The zero-order chi connectivity index (χ0) is 10.6. The van der Waals surface area contributed by atoms with E-state index in [-0.39, 0.29) is 17.9 Å². The van der Waals surface area contributed by atoms with E-state index in [9.17, 15) is 4.79 Å². The van der Waals surface area contributed by atoms with Gasteiger partial charge in [0.15, 0.2) is 0 Å². The summed E-state index contributed by atoms with van der Waals surface area (Å²) in [5.41, 5.74) is 5.86. The van der Waals surface area contributed by atoms with Crippen LogP contribution < -0.4 is 11.1 Å². The zero-order valence-corrected chi connectivity index (χ0v) is 8.95. The van der Waals surface area contributed by atoms with Crippen molar-refractivity contribution in [1.82, 2.24) is 5.32 Å². The summed E-state index contributed by atoms with van der Waals surface area (Å²) < 4.78 is 4.90. The second-order valence-corrected chi connectivity index (χ2v) is 4.10. The van der Waals surface area contributed by atoms with Gasteiger partial charge in [0.2, 0.25) is 5.91 Å². The molecule has 0 aromatic carbocycles. The molecule has 0 heterocycles. The summed E-state index contributed by atoms with van der Waals surface area (Å²) in [4.78, 5) is 11.4. The van der Waals surface area contributed by atoms with Gasteiger partial charge in [-0.2, -0.15) is 0 Å². The molecule has 0 aromatic heterocycles. The number of nitrogens with one attached hydrogen (secondary N) is 1. The maximum absolute atomic E-state index is 11.4. The van der Waals surface area contributed by atoms with Crippen LogP contribution in [0.5, 0.6) is 0 Å². The number of rotatable bonds is 6. The number of amides is 1. The van der Waals surface area contributed by atoms with E-state index in [2.05, 4.69) is 5.32 Å². The van der Waals surface area contributed by atoms with Gasteiger partial charge in [0.1, 0.15) is 0 Å². The molecule has 0 aliphatic heterocycles. The highest BCUT2D eigenvalue weighted by atomic mass is 16.5. The Bertz CT molecular complexity index is 193. The molecule has 0 bridgehead atoms. The van der Waals surface area contributed by atoms with E-state index in [1.165, 1.54) is 12.8 Å². The van der Waals surface area contributed by atoms with Gasteiger partial charge in [-0.1, -0.05) is 6.92 Å². The van der Waals surface area contributed by atoms with Gasteiger partial charge in [-0.15, -0.1) is 0 Å². The summed E-state index contributed by atoms with van der Waals surface area (Å²) in [6, 6.07) is 0.133. The van der Waals surface area contributed by atoms with Crippen LogP contribution in [0.1, 0.15) is 19.8 Å². The number of hydrogen-bond acceptors (Lipinski definition) is 3. The number of hydrogen-bond donors (Lipinski definition) is 2. The summed E-state index contributed by atoms with van der Waals surface area (Å²) >= 11 is 0. The quantitative estimate of drug-likeness (QED) is 0.640. The van der Waals surface area contributed by atoms with Crippen LogP contribution in [0, 0.1) is 11.8 Å². The molecular weight excluding hydrogens is 180 g/mol. The van der Waals surface area contributed by atoms with E-state index < -0.39 is 0 Å². The number of carbonyl (C=O) groups excluding carboxylic acids is 1.